The van der Waals surface area contributed by atoms with Gasteiger partial charge in [0.2, 0.25) is 0 Å². The second-order valence-electron chi connectivity index (χ2n) is 2.59. The lowest BCUT2D eigenvalue weighted by molar-refractivity contribution is 0.0981. The molecule has 0 spiro atoms. The molecule has 13 heavy (non-hydrogen) atoms. The zero-order chi connectivity index (χ0) is 9.84. The number of carbonyl (C=O) groups excluding carboxylic acids is 1. The van der Waals surface area contributed by atoms with Crippen molar-refractivity contribution >= 4 is 21.7 Å². The lowest BCUT2D eigenvalue weighted by Gasteiger charge is -2.00. The molecule has 0 bridgehead atoms. The number of rotatable bonds is 3. The van der Waals surface area contributed by atoms with Gasteiger partial charge in [-0.25, -0.2) is 4.39 Å². The van der Waals surface area contributed by atoms with E-state index in [-0.39, 0.29) is 24.3 Å². The van der Waals surface area contributed by atoms with Crippen LogP contribution in [0.25, 0.3) is 0 Å². The van der Waals surface area contributed by atoms with Crippen LogP contribution in [0.5, 0.6) is 0 Å². The van der Waals surface area contributed by atoms with Gasteiger partial charge in [0, 0.05) is 10.9 Å². The topological polar surface area (TPSA) is 43.1 Å². The fraction of sp³-hybridized carbons (Fsp3) is 0.222. The largest absolute Gasteiger partial charge is 0.330 e. The van der Waals surface area contributed by atoms with Crippen molar-refractivity contribution in [3.8, 4) is 0 Å². The number of hydrogen-bond donors (Lipinski definition) is 1. The van der Waals surface area contributed by atoms with Gasteiger partial charge in [0.25, 0.3) is 0 Å². The van der Waals surface area contributed by atoms with Crippen LogP contribution >= 0.6 is 15.9 Å². The molecule has 0 aromatic heterocycles. The highest BCUT2D eigenvalue weighted by Crippen LogP contribution is 2.16. The molecule has 4 heteroatoms. The van der Waals surface area contributed by atoms with Crippen molar-refractivity contribution in [1.29, 1.82) is 0 Å². The third-order valence-corrected chi connectivity index (χ3v) is 2.10. The maximum atomic E-state index is 13.1. The maximum absolute atomic E-state index is 13.1. The third-order valence-electron chi connectivity index (χ3n) is 1.60. The number of hydrogen-bond acceptors (Lipinski definition) is 2. The monoisotopic (exact) mass is 245 g/mol. The van der Waals surface area contributed by atoms with Crippen molar-refractivity contribution in [2.75, 3.05) is 6.54 Å². The number of benzene rings is 1. The summed E-state index contributed by atoms with van der Waals surface area (Å²) in [6, 6.07) is 4.36. The first-order valence-corrected chi connectivity index (χ1v) is 4.62. The van der Waals surface area contributed by atoms with Crippen LogP contribution in [-0.4, -0.2) is 12.3 Å². The molecule has 70 valence electrons. The van der Waals surface area contributed by atoms with E-state index in [9.17, 15) is 9.18 Å². The van der Waals surface area contributed by atoms with E-state index in [0.29, 0.717) is 4.47 Å². The third kappa shape index (κ3) is 2.60. The minimum absolute atomic E-state index is 0.105. The molecule has 0 saturated carbocycles. The zero-order valence-electron chi connectivity index (χ0n) is 6.89. The molecule has 0 aliphatic rings. The molecule has 1 aromatic rings. The fourth-order valence-corrected chi connectivity index (χ4v) is 1.31. The Hall–Kier alpha value is -0.740. The Morgan fingerprint density at radius 3 is 2.77 bits per heavy atom. The van der Waals surface area contributed by atoms with Crippen molar-refractivity contribution in [2.24, 2.45) is 5.73 Å². The second kappa shape index (κ2) is 4.48. The highest BCUT2D eigenvalue weighted by atomic mass is 79.9. The first-order chi connectivity index (χ1) is 6.15. The summed E-state index contributed by atoms with van der Waals surface area (Å²) in [6.07, 6.45) is 0.179. The summed E-state index contributed by atoms with van der Waals surface area (Å²) in [5.74, 6) is -0.764. The Balaban J connectivity index is 2.95. The van der Waals surface area contributed by atoms with Gasteiger partial charge in [-0.2, -0.15) is 0 Å². The summed E-state index contributed by atoms with van der Waals surface area (Å²) in [4.78, 5) is 11.2. The van der Waals surface area contributed by atoms with Gasteiger partial charge in [0.15, 0.2) is 5.78 Å². The van der Waals surface area contributed by atoms with E-state index in [4.69, 9.17) is 5.73 Å². The molecule has 0 unspecified atom stereocenters. The summed E-state index contributed by atoms with van der Waals surface area (Å²) in [5.41, 5.74) is 5.30. The van der Waals surface area contributed by atoms with Crippen LogP contribution in [0.15, 0.2) is 22.7 Å². The minimum Gasteiger partial charge on any atom is -0.330 e. The van der Waals surface area contributed by atoms with Crippen LogP contribution in [0, 0.1) is 5.82 Å². The van der Waals surface area contributed by atoms with Crippen LogP contribution in [0.4, 0.5) is 4.39 Å². The second-order valence-corrected chi connectivity index (χ2v) is 3.50. The Bertz CT molecular complexity index is 327. The molecule has 0 aliphatic heterocycles. The molecule has 0 saturated heterocycles. The minimum atomic E-state index is -0.507. The molecule has 0 radical (unpaired) electrons. The van der Waals surface area contributed by atoms with Gasteiger partial charge < -0.3 is 5.73 Å². The number of nitrogens with two attached hydrogens (primary N) is 1. The molecular formula is C9H9BrFNO. The van der Waals surface area contributed by atoms with Crippen LogP contribution < -0.4 is 5.73 Å². The van der Waals surface area contributed by atoms with Crippen molar-refractivity contribution < 1.29 is 9.18 Å². The number of Topliss-reactive ketones (excluding diaryl/α,β-unsaturated/α-hetero) is 1. The van der Waals surface area contributed by atoms with Gasteiger partial charge in [-0.15, -0.1) is 0 Å². The molecule has 0 atom stereocenters. The van der Waals surface area contributed by atoms with E-state index < -0.39 is 5.82 Å². The molecule has 1 rings (SSSR count). The molecule has 0 amide bonds. The van der Waals surface area contributed by atoms with Crippen molar-refractivity contribution in [2.45, 2.75) is 6.42 Å². The van der Waals surface area contributed by atoms with E-state index in [0.717, 1.165) is 0 Å². The van der Waals surface area contributed by atoms with Gasteiger partial charge in [-0.3, -0.25) is 4.79 Å². The van der Waals surface area contributed by atoms with E-state index in [1.807, 2.05) is 0 Å². The lowest BCUT2D eigenvalue weighted by atomic mass is 10.1. The first kappa shape index (κ1) is 10.3. The molecule has 1 aromatic carbocycles. The predicted molar refractivity (Wildman–Crippen MR) is 52.1 cm³/mol. The molecule has 0 fully saturated rings. The normalized spacial score (nSPS) is 10.1. The predicted octanol–water partition coefficient (Wildman–Crippen LogP) is 2.12. The number of ketones is 1. The van der Waals surface area contributed by atoms with Crippen LogP contribution in [0.1, 0.15) is 16.8 Å². The SMILES string of the molecule is NCCC(=O)c1ccc(Br)cc1F. The fourth-order valence-electron chi connectivity index (χ4n) is 0.981. The highest BCUT2D eigenvalue weighted by molar-refractivity contribution is 9.10. The van der Waals surface area contributed by atoms with E-state index >= 15 is 0 Å². The van der Waals surface area contributed by atoms with Crippen molar-refractivity contribution in [3.63, 3.8) is 0 Å². The Morgan fingerprint density at radius 2 is 2.23 bits per heavy atom. The van der Waals surface area contributed by atoms with Gasteiger partial charge in [-0.05, 0) is 24.7 Å². The molecule has 0 aliphatic carbocycles. The molecular weight excluding hydrogens is 237 g/mol. The van der Waals surface area contributed by atoms with E-state index in [1.54, 1.807) is 6.07 Å². The van der Waals surface area contributed by atoms with Gasteiger partial charge in [-0.1, -0.05) is 15.9 Å². The van der Waals surface area contributed by atoms with E-state index in [1.165, 1.54) is 12.1 Å². The highest BCUT2D eigenvalue weighted by Gasteiger charge is 2.10. The number of carbonyl (C=O) groups is 1. The standard InChI is InChI=1S/C9H9BrFNO/c10-6-1-2-7(8(11)5-6)9(13)3-4-12/h1-2,5H,3-4,12H2. The lowest BCUT2D eigenvalue weighted by Crippen LogP contribution is -2.09. The van der Waals surface area contributed by atoms with Crippen LogP contribution in [0.3, 0.4) is 0 Å². The molecule has 0 heterocycles. The summed E-state index contributed by atoms with van der Waals surface area (Å²) in [5, 5.41) is 0. The smallest absolute Gasteiger partial charge is 0.167 e. The van der Waals surface area contributed by atoms with E-state index in [2.05, 4.69) is 15.9 Å². The average molecular weight is 246 g/mol. The van der Waals surface area contributed by atoms with Crippen molar-refractivity contribution in [1.82, 2.24) is 0 Å². The van der Waals surface area contributed by atoms with Gasteiger partial charge in [0.05, 0.1) is 5.56 Å². The summed E-state index contributed by atoms with van der Waals surface area (Å²) in [7, 11) is 0. The van der Waals surface area contributed by atoms with Crippen LogP contribution in [-0.2, 0) is 0 Å². The summed E-state index contributed by atoms with van der Waals surface area (Å²) >= 11 is 3.11. The van der Waals surface area contributed by atoms with Gasteiger partial charge in [0.1, 0.15) is 5.82 Å². The maximum Gasteiger partial charge on any atom is 0.167 e. The first-order valence-electron chi connectivity index (χ1n) is 3.83. The van der Waals surface area contributed by atoms with Crippen molar-refractivity contribution in [3.05, 3.63) is 34.1 Å². The molecule has 2 nitrogen and oxygen atoms in total. The van der Waals surface area contributed by atoms with Crippen LogP contribution in [0.2, 0.25) is 0 Å². The Labute approximate surface area is 84.1 Å². The Kier molecular flexibility index (Phi) is 3.57. The molecule has 2 N–H and O–H groups in total. The quantitative estimate of drug-likeness (QED) is 0.830. The zero-order valence-corrected chi connectivity index (χ0v) is 8.47. The summed E-state index contributed by atoms with van der Waals surface area (Å²) < 4.78 is 13.8. The summed E-state index contributed by atoms with van der Waals surface area (Å²) in [6.45, 7) is 0.244. The van der Waals surface area contributed by atoms with Gasteiger partial charge >= 0.3 is 0 Å². The average Bonchev–Trinajstić information content (AvgIpc) is 2.04. The Morgan fingerprint density at radius 1 is 1.54 bits per heavy atom. The number of halogens is 2.